The van der Waals surface area contributed by atoms with Gasteiger partial charge in [-0.25, -0.2) is 8.42 Å². The molecule has 1 aliphatic rings. The average Bonchev–Trinajstić information content (AvgIpc) is 3.02. The van der Waals surface area contributed by atoms with Gasteiger partial charge in [-0.2, -0.15) is 0 Å². The number of nitrogens with zero attached hydrogens (tertiary/aromatic N) is 2. The van der Waals surface area contributed by atoms with Gasteiger partial charge in [0.15, 0.2) is 9.84 Å². The molecule has 1 aromatic carbocycles. The molecule has 2 aromatic rings. The van der Waals surface area contributed by atoms with Gasteiger partial charge in [-0.3, -0.25) is 4.79 Å². The molecule has 0 radical (unpaired) electrons. The molecule has 1 saturated heterocycles. The van der Waals surface area contributed by atoms with Crippen molar-refractivity contribution < 1.29 is 17.7 Å². The van der Waals surface area contributed by atoms with Crippen LogP contribution in [0.1, 0.15) is 42.8 Å². The van der Waals surface area contributed by atoms with E-state index in [0.717, 1.165) is 0 Å². The molecular formula is C20H25ClN2O4S. The van der Waals surface area contributed by atoms with Gasteiger partial charge >= 0.3 is 0 Å². The summed E-state index contributed by atoms with van der Waals surface area (Å²) in [6.45, 7) is 6.30. The fourth-order valence-corrected chi connectivity index (χ4v) is 5.99. The smallest absolute Gasteiger partial charge is 0.259 e. The summed E-state index contributed by atoms with van der Waals surface area (Å²) in [7, 11) is -3.14. The van der Waals surface area contributed by atoms with Crippen LogP contribution in [-0.2, 0) is 9.84 Å². The summed E-state index contributed by atoms with van der Waals surface area (Å²) in [5, 5.41) is 4.15. The van der Waals surface area contributed by atoms with E-state index in [0.29, 0.717) is 53.5 Å². The molecule has 8 heteroatoms. The molecule has 0 unspecified atom stereocenters. The fourth-order valence-electron chi connectivity index (χ4n) is 3.64. The van der Waals surface area contributed by atoms with E-state index in [-0.39, 0.29) is 22.8 Å². The molecule has 6 nitrogen and oxygen atoms in total. The molecule has 1 aromatic heterocycles. The Kier molecular flexibility index (Phi) is 6.15. The van der Waals surface area contributed by atoms with E-state index < -0.39 is 9.84 Å². The van der Waals surface area contributed by atoms with Crippen molar-refractivity contribution in [1.29, 1.82) is 0 Å². The van der Waals surface area contributed by atoms with Crippen molar-refractivity contribution >= 4 is 27.3 Å². The van der Waals surface area contributed by atoms with Gasteiger partial charge < -0.3 is 9.42 Å². The fraction of sp³-hybridized carbons (Fsp3) is 0.500. The van der Waals surface area contributed by atoms with Crippen LogP contribution in [0, 0.1) is 12.8 Å². The molecule has 0 spiro atoms. The second kappa shape index (κ2) is 8.25. The van der Waals surface area contributed by atoms with Crippen LogP contribution in [0.5, 0.6) is 0 Å². The first kappa shape index (κ1) is 20.9. The number of carbonyl (C=O) groups is 1. The summed E-state index contributed by atoms with van der Waals surface area (Å²) in [5.41, 5.74) is 1.44. The number of rotatable bonds is 5. The summed E-state index contributed by atoms with van der Waals surface area (Å²) < 4.78 is 30.3. The van der Waals surface area contributed by atoms with E-state index in [4.69, 9.17) is 16.1 Å². The number of hydrogen-bond donors (Lipinski definition) is 0. The Balaban J connectivity index is 1.79. The van der Waals surface area contributed by atoms with E-state index >= 15 is 0 Å². The molecule has 0 N–H and O–H groups in total. The highest BCUT2D eigenvalue weighted by molar-refractivity contribution is 7.92. The largest absolute Gasteiger partial charge is 0.360 e. The molecule has 0 bridgehead atoms. The lowest BCUT2D eigenvalue weighted by molar-refractivity contribution is 0.0724. The van der Waals surface area contributed by atoms with Crippen molar-refractivity contribution in [2.75, 3.05) is 18.8 Å². The zero-order chi connectivity index (χ0) is 20.5. The number of aryl methyl sites for hydroxylation is 1. The number of sulfone groups is 1. The quantitative estimate of drug-likeness (QED) is 0.725. The Morgan fingerprint density at radius 2 is 1.93 bits per heavy atom. The number of likely N-dealkylation sites (tertiary alicyclic amines) is 1. The lowest BCUT2D eigenvalue weighted by Crippen LogP contribution is -2.43. The predicted molar refractivity (Wildman–Crippen MR) is 109 cm³/mol. The molecular weight excluding hydrogens is 400 g/mol. The monoisotopic (exact) mass is 424 g/mol. The number of amides is 1. The SMILES string of the molecule is Cc1onc(-c2ccccc2Cl)c1C(=O)N1CCC(S(=O)(=O)CC(C)C)CC1. The molecule has 1 fully saturated rings. The van der Waals surface area contributed by atoms with Gasteiger partial charge in [0.25, 0.3) is 5.91 Å². The van der Waals surface area contributed by atoms with Crippen LogP contribution in [0.3, 0.4) is 0 Å². The highest BCUT2D eigenvalue weighted by Crippen LogP contribution is 2.32. The summed E-state index contributed by atoms with van der Waals surface area (Å²) in [4.78, 5) is 14.8. The topological polar surface area (TPSA) is 80.5 Å². The van der Waals surface area contributed by atoms with E-state index in [1.165, 1.54) is 0 Å². The van der Waals surface area contributed by atoms with Crippen molar-refractivity contribution in [1.82, 2.24) is 10.1 Å². The van der Waals surface area contributed by atoms with Crippen molar-refractivity contribution in [2.45, 2.75) is 38.9 Å². The normalized spacial score (nSPS) is 16.0. The van der Waals surface area contributed by atoms with Crippen molar-refractivity contribution in [3.05, 3.63) is 40.6 Å². The van der Waals surface area contributed by atoms with Crippen molar-refractivity contribution in [3.63, 3.8) is 0 Å². The van der Waals surface area contributed by atoms with Crippen molar-refractivity contribution in [2.24, 2.45) is 5.92 Å². The Hall–Kier alpha value is -1.86. The lowest BCUT2D eigenvalue weighted by Gasteiger charge is -2.32. The van der Waals surface area contributed by atoms with E-state index in [2.05, 4.69) is 5.16 Å². The Morgan fingerprint density at radius 3 is 2.54 bits per heavy atom. The minimum absolute atomic E-state index is 0.0995. The third kappa shape index (κ3) is 4.25. The molecule has 0 atom stereocenters. The highest BCUT2D eigenvalue weighted by Gasteiger charge is 2.34. The molecule has 3 rings (SSSR count). The zero-order valence-corrected chi connectivity index (χ0v) is 17.9. The Bertz CT molecular complexity index is 960. The van der Waals surface area contributed by atoms with Crippen LogP contribution in [0.25, 0.3) is 11.3 Å². The number of hydrogen-bond acceptors (Lipinski definition) is 5. The van der Waals surface area contributed by atoms with Gasteiger partial charge in [-0.15, -0.1) is 0 Å². The van der Waals surface area contributed by atoms with Gasteiger partial charge in [-0.1, -0.05) is 48.8 Å². The van der Waals surface area contributed by atoms with Crippen LogP contribution < -0.4 is 0 Å². The number of carbonyl (C=O) groups excluding carboxylic acids is 1. The van der Waals surface area contributed by atoms with Crippen LogP contribution >= 0.6 is 11.6 Å². The number of benzene rings is 1. The van der Waals surface area contributed by atoms with E-state index in [1.54, 1.807) is 24.0 Å². The van der Waals surface area contributed by atoms with E-state index in [9.17, 15) is 13.2 Å². The Morgan fingerprint density at radius 1 is 1.29 bits per heavy atom. The minimum Gasteiger partial charge on any atom is -0.360 e. The molecule has 152 valence electrons. The first-order chi connectivity index (χ1) is 13.2. The van der Waals surface area contributed by atoms with E-state index in [1.807, 2.05) is 26.0 Å². The highest BCUT2D eigenvalue weighted by atomic mass is 35.5. The number of piperidine rings is 1. The molecule has 1 aliphatic heterocycles. The first-order valence-electron chi connectivity index (χ1n) is 9.42. The maximum atomic E-state index is 13.2. The van der Waals surface area contributed by atoms with Gasteiger partial charge in [0.2, 0.25) is 0 Å². The first-order valence-corrected chi connectivity index (χ1v) is 11.5. The van der Waals surface area contributed by atoms with Crippen LogP contribution in [-0.4, -0.2) is 48.5 Å². The maximum absolute atomic E-state index is 13.2. The second-order valence-electron chi connectivity index (χ2n) is 7.66. The van der Waals surface area contributed by atoms with Crippen LogP contribution in [0.15, 0.2) is 28.8 Å². The van der Waals surface area contributed by atoms with Crippen molar-refractivity contribution in [3.8, 4) is 11.3 Å². The summed E-state index contributed by atoms with van der Waals surface area (Å²) >= 11 is 6.27. The average molecular weight is 425 g/mol. The molecule has 0 saturated carbocycles. The van der Waals surface area contributed by atoms with Crippen LogP contribution in [0.4, 0.5) is 0 Å². The van der Waals surface area contributed by atoms with Gasteiger partial charge in [0, 0.05) is 18.7 Å². The molecule has 28 heavy (non-hydrogen) atoms. The molecule has 1 amide bonds. The summed E-state index contributed by atoms with van der Waals surface area (Å²) in [6.07, 6.45) is 0.902. The van der Waals surface area contributed by atoms with Gasteiger partial charge in [0.1, 0.15) is 17.0 Å². The second-order valence-corrected chi connectivity index (χ2v) is 10.4. The lowest BCUT2D eigenvalue weighted by atomic mass is 10.0. The van der Waals surface area contributed by atoms with Gasteiger partial charge in [-0.05, 0) is 31.7 Å². The third-order valence-corrected chi connectivity index (χ3v) is 7.96. The molecule has 0 aliphatic carbocycles. The minimum atomic E-state index is -3.14. The molecule has 2 heterocycles. The third-order valence-electron chi connectivity index (χ3n) is 5.01. The zero-order valence-electron chi connectivity index (χ0n) is 16.3. The Labute approximate surface area is 170 Å². The van der Waals surface area contributed by atoms with Gasteiger partial charge in [0.05, 0.1) is 16.0 Å². The summed E-state index contributed by atoms with van der Waals surface area (Å²) in [5.74, 6) is 0.512. The predicted octanol–water partition coefficient (Wildman–Crippen LogP) is 3.98. The number of aromatic nitrogens is 1. The number of halogens is 1. The van der Waals surface area contributed by atoms with Crippen LogP contribution in [0.2, 0.25) is 5.02 Å². The maximum Gasteiger partial charge on any atom is 0.259 e. The standard InChI is InChI=1S/C20H25ClN2O4S/c1-13(2)12-28(25,26)15-8-10-23(11-9-15)20(24)18-14(3)27-22-19(18)16-6-4-5-7-17(16)21/h4-7,13,15H,8-12H2,1-3H3. The summed E-state index contributed by atoms with van der Waals surface area (Å²) in [6, 6.07) is 7.16.